The number of rotatable bonds is 7. The number of hydrogen-bond acceptors (Lipinski definition) is 5. The Balaban J connectivity index is 2.71. The quantitative estimate of drug-likeness (QED) is 0.466. The van der Waals surface area contributed by atoms with Crippen LogP contribution in [0.1, 0.15) is 30.6 Å². The maximum atomic E-state index is 11.8. The Morgan fingerprint density at radius 2 is 2.05 bits per heavy atom. The SMILES string of the molecule is COCCCOc1cccc(C(=O)OC(C)C)c1N. The molecule has 0 aliphatic carbocycles. The number of nitrogens with two attached hydrogens (primary N) is 1. The van der Waals surface area contributed by atoms with Crippen LogP contribution in [0, 0.1) is 0 Å². The molecule has 0 aliphatic rings. The molecule has 0 fully saturated rings. The molecule has 0 atom stereocenters. The maximum absolute atomic E-state index is 11.8. The molecule has 0 radical (unpaired) electrons. The zero-order chi connectivity index (χ0) is 14.3. The van der Waals surface area contributed by atoms with Crippen molar-refractivity contribution in [3.8, 4) is 5.75 Å². The third-order valence-electron chi connectivity index (χ3n) is 2.38. The van der Waals surface area contributed by atoms with Gasteiger partial charge in [-0.05, 0) is 26.0 Å². The van der Waals surface area contributed by atoms with Crippen LogP contribution in [-0.2, 0) is 9.47 Å². The Labute approximate surface area is 113 Å². The van der Waals surface area contributed by atoms with Gasteiger partial charge in [0.15, 0.2) is 0 Å². The van der Waals surface area contributed by atoms with E-state index in [1.54, 1.807) is 39.2 Å². The largest absolute Gasteiger partial charge is 0.491 e. The molecule has 0 spiro atoms. The molecule has 0 unspecified atom stereocenters. The second kappa shape index (κ2) is 7.63. The Bertz CT molecular complexity index is 418. The van der Waals surface area contributed by atoms with Crippen molar-refractivity contribution < 1.29 is 19.0 Å². The number of carbonyl (C=O) groups is 1. The summed E-state index contributed by atoms with van der Waals surface area (Å²) < 4.78 is 15.6. The number of para-hydroxylation sites is 1. The fourth-order valence-electron chi connectivity index (χ4n) is 1.51. The van der Waals surface area contributed by atoms with Gasteiger partial charge in [-0.15, -0.1) is 0 Å². The van der Waals surface area contributed by atoms with Crippen LogP contribution in [0.5, 0.6) is 5.75 Å². The van der Waals surface area contributed by atoms with E-state index < -0.39 is 5.97 Å². The zero-order valence-electron chi connectivity index (χ0n) is 11.6. The Morgan fingerprint density at radius 3 is 2.68 bits per heavy atom. The average molecular weight is 267 g/mol. The molecule has 0 amide bonds. The lowest BCUT2D eigenvalue weighted by Gasteiger charge is -2.13. The van der Waals surface area contributed by atoms with Gasteiger partial charge in [-0.2, -0.15) is 0 Å². The number of ether oxygens (including phenoxy) is 3. The van der Waals surface area contributed by atoms with Crippen LogP contribution in [0.15, 0.2) is 18.2 Å². The van der Waals surface area contributed by atoms with E-state index in [1.807, 2.05) is 0 Å². The van der Waals surface area contributed by atoms with Gasteiger partial charge in [0.05, 0.1) is 24.0 Å². The summed E-state index contributed by atoms with van der Waals surface area (Å²) in [5.74, 6) is 0.0594. The van der Waals surface area contributed by atoms with E-state index in [1.165, 1.54) is 0 Å². The highest BCUT2D eigenvalue weighted by atomic mass is 16.5. The summed E-state index contributed by atoms with van der Waals surface area (Å²) in [6.45, 7) is 4.69. The zero-order valence-corrected chi connectivity index (χ0v) is 11.6. The van der Waals surface area contributed by atoms with E-state index in [0.29, 0.717) is 30.2 Å². The molecule has 106 valence electrons. The van der Waals surface area contributed by atoms with Crippen molar-refractivity contribution >= 4 is 11.7 Å². The summed E-state index contributed by atoms with van der Waals surface area (Å²) in [5.41, 5.74) is 6.56. The van der Waals surface area contributed by atoms with E-state index >= 15 is 0 Å². The Morgan fingerprint density at radius 1 is 1.32 bits per heavy atom. The van der Waals surface area contributed by atoms with E-state index in [9.17, 15) is 4.79 Å². The topological polar surface area (TPSA) is 70.8 Å². The van der Waals surface area contributed by atoms with Crippen molar-refractivity contribution in [1.29, 1.82) is 0 Å². The first-order valence-corrected chi connectivity index (χ1v) is 6.27. The van der Waals surface area contributed by atoms with Gasteiger partial charge < -0.3 is 19.9 Å². The molecule has 0 heterocycles. The van der Waals surface area contributed by atoms with Crippen molar-refractivity contribution in [3.63, 3.8) is 0 Å². The summed E-state index contributed by atoms with van der Waals surface area (Å²) in [7, 11) is 1.64. The maximum Gasteiger partial charge on any atom is 0.340 e. The minimum absolute atomic E-state index is 0.182. The lowest BCUT2D eigenvalue weighted by Crippen LogP contribution is -2.14. The molecule has 5 nitrogen and oxygen atoms in total. The summed E-state index contributed by atoms with van der Waals surface area (Å²) >= 11 is 0. The Hall–Kier alpha value is -1.75. The van der Waals surface area contributed by atoms with Gasteiger partial charge in [-0.25, -0.2) is 4.79 Å². The van der Waals surface area contributed by atoms with Crippen molar-refractivity contribution in [2.45, 2.75) is 26.4 Å². The average Bonchev–Trinajstić information content (AvgIpc) is 2.35. The normalized spacial score (nSPS) is 10.5. The molecule has 0 aliphatic heterocycles. The predicted octanol–water partition coefficient (Wildman–Crippen LogP) is 2.25. The van der Waals surface area contributed by atoms with E-state index in [-0.39, 0.29) is 6.10 Å². The molecule has 5 heteroatoms. The number of carbonyl (C=O) groups excluding carboxylic acids is 1. The van der Waals surface area contributed by atoms with Gasteiger partial charge >= 0.3 is 5.97 Å². The number of esters is 1. The van der Waals surface area contributed by atoms with Crippen molar-refractivity contribution in [1.82, 2.24) is 0 Å². The molecule has 1 rings (SSSR count). The predicted molar refractivity (Wildman–Crippen MR) is 73.4 cm³/mol. The van der Waals surface area contributed by atoms with Crippen molar-refractivity contribution in [3.05, 3.63) is 23.8 Å². The fourth-order valence-corrected chi connectivity index (χ4v) is 1.51. The smallest absolute Gasteiger partial charge is 0.340 e. The monoisotopic (exact) mass is 267 g/mol. The molecule has 0 aromatic heterocycles. The summed E-state index contributed by atoms with van der Waals surface area (Å²) in [5, 5.41) is 0. The molecular formula is C14H21NO4. The standard InChI is InChI=1S/C14H21NO4/c1-10(2)19-14(16)11-6-4-7-12(13(11)15)18-9-5-8-17-3/h4,6-7,10H,5,8-9,15H2,1-3H3. The van der Waals surface area contributed by atoms with Crippen molar-refractivity contribution in [2.75, 3.05) is 26.1 Å². The summed E-state index contributed by atoms with van der Waals surface area (Å²) in [6.07, 6.45) is 0.578. The van der Waals surface area contributed by atoms with Gasteiger partial charge in [-0.3, -0.25) is 0 Å². The lowest BCUT2D eigenvalue weighted by atomic mass is 10.1. The van der Waals surface area contributed by atoms with E-state index in [4.69, 9.17) is 19.9 Å². The lowest BCUT2D eigenvalue weighted by molar-refractivity contribution is 0.0378. The number of anilines is 1. The highest BCUT2D eigenvalue weighted by Gasteiger charge is 2.15. The fraction of sp³-hybridized carbons (Fsp3) is 0.500. The van der Waals surface area contributed by atoms with Crippen LogP contribution in [0.3, 0.4) is 0 Å². The van der Waals surface area contributed by atoms with Crippen LogP contribution < -0.4 is 10.5 Å². The summed E-state index contributed by atoms with van der Waals surface area (Å²) in [4.78, 5) is 11.8. The van der Waals surface area contributed by atoms with Gasteiger partial charge in [0, 0.05) is 20.1 Å². The van der Waals surface area contributed by atoms with Crippen molar-refractivity contribution in [2.24, 2.45) is 0 Å². The molecule has 2 N–H and O–H groups in total. The molecule has 1 aromatic carbocycles. The first kappa shape index (κ1) is 15.3. The van der Waals surface area contributed by atoms with Crippen LogP contribution in [0.2, 0.25) is 0 Å². The summed E-state index contributed by atoms with van der Waals surface area (Å²) in [6, 6.07) is 5.08. The van der Waals surface area contributed by atoms with Crippen LogP contribution >= 0.6 is 0 Å². The molecule has 0 bridgehead atoms. The third-order valence-corrected chi connectivity index (χ3v) is 2.38. The van der Waals surface area contributed by atoms with Gasteiger partial charge in [-0.1, -0.05) is 6.07 Å². The molecule has 19 heavy (non-hydrogen) atoms. The van der Waals surface area contributed by atoms with E-state index in [2.05, 4.69) is 0 Å². The second-order valence-electron chi connectivity index (χ2n) is 4.37. The van der Waals surface area contributed by atoms with Gasteiger partial charge in [0.2, 0.25) is 0 Å². The molecule has 0 saturated heterocycles. The molecular weight excluding hydrogens is 246 g/mol. The van der Waals surface area contributed by atoms with Crippen LogP contribution in [0.25, 0.3) is 0 Å². The van der Waals surface area contributed by atoms with Crippen LogP contribution in [-0.4, -0.2) is 32.4 Å². The van der Waals surface area contributed by atoms with Crippen LogP contribution in [0.4, 0.5) is 5.69 Å². The molecule has 1 aromatic rings. The third kappa shape index (κ3) is 4.79. The first-order chi connectivity index (χ1) is 9.06. The highest BCUT2D eigenvalue weighted by Crippen LogP contribution is 2.26. The second-order valence-corrected chi connectivity index (χ2v) is 4.37. The minimum atomic E-state index is -0.435. The highest BCUT2D eigenvalue weighted by molar-refractivity contribution is 5.96. The number of methoxy groups -OCH3 is 1. The first-order valence-electron chi connectivity index (χ1n) is 6.27. The van der Waals surface area contributed by atoms with Gasteiger partial charge in [0.1, 0.15) is 5.75 Å². The van der Waals surface area contributed by atoms with Gasteiger partial charge in [0.25, 0.3) is 0 Å². The number of benzene rings is 1. The number of hydrogen-bond donors (Lipinski definition) is 1. The van der Waals surface area contributed by atoms with E-state index in [0.717, 1.165) is 6.42 Å². The Kier molecular flexibility index (Phi) is 6.15. The minimum Gasteiger partial charge on any atom is -0.491 e. The molecule has 0 saturated carbocycles. The number of nitrogen functional groups attached to an aromatic ring is 1.